The Bertz CT molecular complexity index is 828. The maximum atomic E-state index is 12.6. The summed E-state index contributed by atoms with van der Waals surface area (Å²) >= 11 is 0. The number of hydrogen-bond acceptors (Lipinski definition) is 3. The summed E-state index contributed by atoms with van der Waals surface area (Å²) < 4.78 is 47.9. The normalized spacial score (nSPS) is 19.9. The number of guanidine groups is 1. The van der Waals surface area contributed by atoms with E-state index in [2.05, 4.69) is 32.5 Å². The van der Waals surface area contributed by atoms with Crippen LogP contribution >= 0.6 is 0 Å². The van der Waals surface area contributed by atoms with Gasteiger partial charge < -0.3 is 20.1 Å². The minimum Gasteiger partial charge on any atom is -0.405 e. The predicted octanol–water partition coefficient (Wildman–Crippen LogP) is 4.42. The van der Waals surface area contributed by atoms with Crippen molar-refractivity contribution in [3.8, 4) is 5.75 Å². The highest BCUT2D eigenvalue weighted by Crippen LogP contribution is 2.33. The summed E-state index contributed by atoms with van der Waals surface area (Å²) in [6.45, 7) is 1.52. The number of rotatable bonds is 6. The van der Waals surface area contributed by atoms with E-state index in [4.69, 9.17) is 4.74 Å². The summed E-state index contributed by atoms with van der Waals surface area (Å²) in [5.74, 6) is 0.549. The zero-order valence-corrected chi connectivity index (χ0v) is 16.8. The van der Waals surface area contributed by atoms with E-state index >= 15 is 0 Å². The van der Waals surface area contributed by atoms with Crippen LogP contribution in [0.2, 0.25) is 0 Å². The lowest BCUT2D eigenvalue weighted by Crippen LogP contribution is -2.41. The van der Waals surface area contributed by atoms with Crippen molar-refractivity contribution in [2.75, 3.05) is 20.2 Å². The average Bonchev–Trinajstić information content (AvgIpc) is 2.75. The van der Waals surface area contributed by atoms with Crippen LogP contribution in [0.3, 0.4) is 0 Å². The lowest BCUT2D eigenvalue weighted by Gasteiger charge is -2.32. The summed E-state index contributed by atoms with van der Waals surface area (Å²) in [6.07, 6.45) is -2.72. The molecule has 0 bridgehead atoms. The summed E-state index contributed by atoms with van der Waals surface area (Å²) in [6, 6.07) is 16.2. The predicted molar refractivity (Wildman–Crippen MR) is 109 cm³/mol. The summed E-state index contributed by atoms with van der Waals surface area (Å²) in [5, 5.41) is 6.33. The number of benzene rings is 2. The fourth-order valence-corrected chi connectivity index (χ4v) is 3.56. The Morgan fingerprint density at radius 1 is 1.10 bits per heavy atom. The number of hydrogen-bond donors (Lipinski definition) is 2. The van der Waals surface area contributed by atoms with Crippen LogP contribution < -0.4 is 15.4 Å². The Labute approximate surface area is 174 Å². The molecular weight excluding hydrogens is 395 g/mol. The van der Waals surface area contributed by atoms with Crippen molar-refractivity contribution in [1.82, 2.24) is 10.6 Å². The van der Waals surface area contributed by atoms with Crippen LogP contribution in [0, 0.1) is 5.92 Å². The second-order valence-electron chi connectivity index (χ2n) is 7.07. The minimum absolute atomic E-state index is 0.00599. The van der Waals surface area contributed by atoms with Crippen LogP contribution in [0.15, 0.2) is 59.6 Å². The standard InChI is InChI=1S/C22H26F3N3O2/c1-26-21(27-14-17-10-5-6-12-19(17)30-22(23,24)25)28-15-18-11-7-13-29-20(18)16-8-3-2-4-9-16/h2-6,8-10,12,18,20H,7,11,13-15H2,1H3,(H2,26,27,28). The molecular formula is C22H26F3N3O2. The van der Waals surface area contributed by atoms with Gasteiger partial charge in [-0.1, -0.05) is 48.5 Å². The third-order valence-electron chi connectivity index (χ3n) is 4.97. The van der Waals surface area contributed by atoms with Gasteiger partial charge in [0.2, 0.25) is 0 Å². The van der Waals surface area contributed by atoms with Gasteiger partial charge in [0.25, 0.3) is 0 Å². The first-order chi connectivity index (χ1) is 14.5. The van der Waals surface area contributed by atoms with Gasteiger partial charge in [-0.05, 0) is 24.5 Å². The number of nitrogens with zero attached hydrogens (tertiary/aromatic N) is 1. The number of nitrogens with one attached hydrogen (secondary N) is 2. The number of para-hydroxylation sites is 1. The van der Waals surface area contributed by atoms with Crippen LogP contribution in [0.5, 0.6) is 5.75 Å². The smallest absolute Gasteiger partial charge is 0.405 e. The maximum Gasteiger partial charge on any atom is 0.573 e. The first-order valence-electron chi connectivity index (χ1n) is 9.91. The first-order valence-corrected chi connectivity index (χ1v) is 9.91. The van der Waals surface area contributed by atoms with Gasteiger partial charge in [0, 0.05) is 38.2 Å². The third-order valence-corrected chi connectivity index (χ3v) is 4.97. The van der Waals surface area contributed by atoms with Gasteiger partial charge in [-0.15, -0.1) is 13.2 Å². The molecule has 0 saturated carbocycles. The zero-order valence-electron chi connectivity index (χ0n) is 16.8. The number of aliphatic imine (C=N–C) groups is 1. The zero-order chi connectivity index (χ0) is 21.4. The average molecular weight is 421 g/mol. The van der Waals surface area contributed by atoms with Crippen molar-refractivity contribution in [2.24, 2.45) is 10.9 Å². The molecule has 2 aromatic rings. The van der Waals surface area contributed by atoms with E-state index in [9.17, 15) is 13.2 Å². The molecule has 0 aromatic heterocycles. The highest BCUT2D eigenvalue weighted by molar-refractivity contribution is 5.79. The molecule has 1 aliphatic heterocycles. The molecule has 3 rings (SSSR count). The number of alkyl halides is 3. The molecule has 5 nitrogen and oxygen atoms in total. The van der Waals surface area contributed by atoms with E-state index in [0.717, 1.165) is 25.0 Å². The monoisotopic (exact) mass is 421 g/mol. The summed E-state index contributed by atoms with van der Waals surface area (Å²) in [7, 11) is 1.62. The SMILES string of the molecule is CN=C(NCc1ccccc1OC(F)(F)F)NCC1CCCOC1c1ccccc1. The van der Waals surface area contributed by atoms with E-state index < -0.39 is 6.36 Å². The highest BCUT2D eigenvalue weighted by atomic mass is 19.4. The van der Waals surface area contributed by atoms with Crippen molar-refractivity contribution in [1.29, 1.82) is 0 Å². The van der Waals surface area contributed by atoms with Crippen molar-refractivity contribution in [3.05, 3.63) is 65.7 Å². The van der Waals surface area contributed by atoms with E-state index in [1.807, 2.05) is 18.2 Å². The molecule has 0 amide bonds. The Hall–Kier alpha value is -2.74. The topological polar surface area (TPSA) is 54.9 Å². The van der Waals surface area contributed by atoms with Crippen LogP contribution in [0.1, 0.15) is 30.1 Å². The van der Waals surface area contributed by atoms with E-state index in [1.54, 1.807) is 19.2 Å². The Morgan fingerprint density at radius 3 is 2.57 bits per heavy atom. The van der Waals surface area contributed by atoms with Crippen molar-refractivity contribution in [2.45, 2.75) is 31.9 Å². The molecule has 0 aliphatic carbocycles. The Kier molecular flexibility index (Phi) is 7.57. The Morgan fingerprint density at radius 2 is 1.83 bits per heavy atom. The maximum absolute atomic E-state index is 12.6. The fraction of sp³-hybridized carbons (Fsp3) is 0.409. The molecule has 30 heavy (non-hydrogen) atoms. The molecule has 1 fully saturated rings. The second kappa shape index (κ2) is 10.3. The van der Waals surface area contributed by atoms with Crippen LogP contribution in [0.25, 0.3) is 0 Å². The van der Waals surface area contributed by atoms with Crippen molar-refractivity contribution < 1.29 is 22.6 Å². The molecule has 8 heteroatoms. The lowest BCUT2D eigenvalue weighted by molar-refractivity contribution is -0.274. The van der Waals surface area contributed by atoms with Crippen molar-refractivity contribution in [3.63, 3.8) is 0 Å². The lowest BCUT2D eigenvalue weighted by atomic mass is 9.89. The first kappa shape index (κ1) is 22.0. The van der Waals surface area contributed by atoms with Crippen LogP contribution in [0.4, 0.5) is 13.2 Å². The van der Waals surface area contributed by atoms with Crippen LogP contribution in [-0.4, -0.2) is 32.5 Å². The van der Waals surface area contributed by atoms with Crippen molar-refractivity contribution >= 4 is 5.96 Å². The quantitative estimate of drug-likeness (QED) is 0.536. The third kappa shape index (κ3) is 6.38. The molecule has 2 atom stereocenters. The van der Waals surface area contributed by atoms with Crippen LogP contribution in [-0.2, 0) is 11.3 Å². The van der Waals surface area contributed by atoms with Gasteiger partial charge in [0.15, 0.2) is 5.96 Å². The van der Waals surface area contributed by atoms with Gasteiger partial charge in [-0.25, -0.2) is 0 Å². The van der Waals surface area contributed by atoms with Gasteiger partial charge in [-0.3, -0.25) is 4.99 Å². The molecule has 162 valence electrons. The summed E-state index contributed by atoms with van der Waals surface area (Å²) in [4.78, 5) is 4.18. The highest BCUT2D eigenvalue weighted by Gasteiger charge is 2.32. The van der Waals surface area contributed by atoms with E-state index in [0.29, 0.717) is 18.1 Å². The fourth-order valence-electron chi connectivity index (χ4n) is 3.56. The molecule has 2 unspecified atom stereocenters. The van der Waals surface area contributed by atoms with E-state index in [1.165, 1.54) is 12.1 Å². The van der Waals surface area contributed by atoms with Gasteiger partial charge in [-0.2, -0.15) is 0 Å². The molecule has 1 saturated heterocycles. The largest absolute Gasteiger partial charge is 0.573 e. The molecule has 2 aromatic carbocycles. The molecule has 2 N–H and O–H groups in total. The van der Waals surface area contributed by atoms with Gasteiger partial charge in [0.05, 0.1) is 6.10 Å². The Balaban J connectivity index is 1.58. The summed E-state index contributed by atoms with van der Waals surface area (Å²) in [5.41, 5.74) is 1.53. The van der Waals surface area contributed by atoms with E-state index in [-0.39, 0.29) is 24.3 Å². The molecule has 0 radical (unpaired) electrons. The van der Waals surface area contributed by atoms with Gasteiger partial charge >= 0.3 is 6.36 Å². The number of halogens is 3. The molecule has 1 aliphatic rings. The minimum atomic E-state index is -4.73. The number of ether oxygens (including phenoxy) is 2. The second-order valence-corrected chi connectivity index (χ2v) is 7.07. The molecule has 1 heterocycles. The molecule has 0 spiro atoms. The van der Waals surface area contributed by atoms with Gasteiger partial charge in [0.1, 0.15) is 5.75 Å².